The smallest absolute Gasteiger partial charge is 0.191 e. The maximum Gasteiger partial charge on any atom is 0.191 e. The number of aliphatic hydroxyl groups excluding tert-OH is 1. The molecule has 0 saturated carbocycles. The van der Waals surface area contributed by atoms with E-state index in [1.807, 2.05) is 19.1 Å². The minimum absolute atomic E-state index is 0.0983. The SMILES string of the molecule is CCNC(=NCCC(c1ccccc1)c1ccccc1)NCCO. The third-order valence-electron chi connectivity index (χ3n) is 3.84. The second kappa shape index (κ2) is 10.4. The maximum absolute atomic E-state index is 8.95. The summed E-state index contributed by atoms with van der Waals surface area (Å²) >= 11 is 0. The lowest BCUT2D eigenvalue weighted by molar-refractivity contribution is 0.300. The molecule has 0 aromatic heterocycles. The van der Waals surface area contributed by atoms with Crippen LogP contribution in [0.1, 0.15) is 30.4 Å². The molecule has 4 nitrogen and oxygen atoms in total. The van der Waals surface area contributed by atoms with Crippen LogP contribution in [-0.2, 0) is 0 Å². The predicted molar refractivity (Wildman–Crippen MR) is 100 cm³/mol. The van der Waals surface area contributed by atoms with Gasteiger partial charge in [0.25, 0.3) is 0 Å². The Hall–Kier alpha value is -2.33. The van der Waals surface area contributed by atoms with E-state index in [-0.39, 0.29) is 6.61 Å². The molecule has 128 valence electrons. The summed E-state index contributed by atoms with van der Waals surface area (Å²) in [6, 6.07) is 21.1. The van der Waals surface area contributed by atoms with Crippen LogP contribution in [0, 0.1) is 0 Å². The number of aliphatic hydroxyl groups is 1. The molecule has 0 aliphatic heterocycles. The summed E-state index contributed by atoms with van der Waals surface area (Å²) in [6.07, 6.45) is 0.934. The van der Waals surface area contributed by atoms with Crippen LogP contribution in [0.25, 0.3) is 0 Å². The Labute approximate surface area is 144 Å². The molecule has 2 rings (SSSR count). The molecule has 0 heterocycles. The Bertz CT molecular complexity index is 559. The van der Waals surface area contributed by atoms with Crippen LogP contribution >= 0.6 is 0 Å². The lowest BCUT2D eigenvalue weighted by Gasteiger charge is -2.18. The molecule has 0 atom stereocenters. The minimum atomic E-state index is 0.0983. The molecule has 2 aromatic carbocycles. The molecule has 4 heteroatoms. The zero-order valence-corrected chi connectivity index (χ0v) is 14.3. The standard InChI is InChI=1S/C20H27N3O/c1-2-21-20(23-15-16-24)22-14-13-19(17-9-5-3-6-10-17)18-11-7-4-8-12-18/h3-12,19,24H,2,13-16H2,1H3,(H2,21,22,23). The Morgan fingerprint density at radius 2 is 1.54 bits per heavy atom. The van der Waals surface area contributed by atoms with E-state index in [4.69, 9.17) is 5.11 Å². The monoisotopic (exact) mass is 325 g/mol. The number of guanidine groups is 1. The molecule has 24 heavy (non-hydrogen) atoms. The predicted octanol–water partition coefficient (Wildman–Crippen LogP) is 2.76. The highest BCUT2D eigenvalue weighted by atomic mass is 16.3. The van der Waals surface area contributed by atoms with Crippen molar-refractivity contribution in [2.45, 2.75) is 19.3 Å². The number of nitrogens with one attached hydrogen (secondary N) is 2. The van der Waals surface area contributed by atoms with Crippen molar-refractivity contribution in [1.82, 2.24) is 10.6 Å². The maximum atomic E-state index is 8.95. The first-order valence-corrected chi connectivity index (χ1v) is 8.58. The number of benzene rings is 2. The molecule has 0 radical (unpaired) electrons. The summed E-state index contributed by atoms with van der Waals surface area (Å²) in [5.74, 6) is 1.09. The van der Waals surface area contributed by atoms with Gasteiger partial charge in [0.05, 0.1) is 6.61 Å². The van der Waals surface area contributed by atoms with E-state index in [1.165, 1.54) is 11.1 Å². The summed E-state index contributed by atoms with van der Waals surface area (Å²) in [7, 11) is 0. The summed E-state index contributed by atoms with van der Waals surface area (Å²) < 4.78 is 0. The molecule has 0 saturated heterocycles. The quantitative estimate of drug-likeness (QED) is 0.517. The first-order chi connectivity index (χ1) is 11.8. The first kappa shape index (κ1) is 18.0. The molecule has 0 aliphatic carbocycles. The molecule has 0 spiro atoms. The average molecular weight is 325 g/mol. The average Bonchev–Trinajstić information content (AvgIpc) is 2.64. The molecule has 0 bridgehead atoms. The van der Waals surface area contributed by atoms with Gasteiger partial charge in [0.2, 0.25) is 0 Å². The fraction of sp³-hybridized carbons (Fsp3) is 0.350. The molecular weight excluding hydrogens is 298 g/mol. The highest BCUT2D eigenvalue weighted by molar-refractivity contribution is 5.79. The van der Waals surface area contributed by atoms with E-state index in [0.717, 1.165) is 25.5 Å². The molecule has 0 amide bonds. The molecule has 0 fully saturated rings. The van der Waals surface area contributed by atoms with Gasteiger partial charge in [-0.25, -0.2) is 0 Å². The Kier molecular flexibility index (Phi) is 7.84. The van der Waals surface area contributed by atoms with E-state index < -0.39 is 0 Å². The molecule has 2 aromatic rings. The second-order valence-corrected chi connectivity index (χ2v) is 5.57. The fourth-order valence-corrected chi connectivity index (χ4v) is 2.72. The topological polar surface area (TPSA) is 56.7 Å². The van der Waals surface area contributed by atoms with Crippen molar-refractivity contribution >= 4 is 5.96 Å². The first-order valence-electron chi connectivity index (χ1n) is 8.58. The third-order valence-corrected chi connectivity index (χ3v) is 3.84. The van der Waals surface area contributed by atoms with Crippen LogP contribution in [0.2, 0.25) is 0 Å². The van der Waals surface area contributed by atoms with Crippen LogP contribution < -0.4 is 10.6 Å². The number of rotatable bonds is 8. The number of hydrogen-bond donors (Lipinski definition) is 3. The second-order valence-electron chi connectivity index (χ2n) is 5.57. The zero-order chi connectivity index (χ0) is 17.0. The van der Waals surface area contributed by atoms with E-state index in [2.05, 4.69) is 64.2 Å². The Morgan fingerprint density at radius 1 is 0.958 bits per heavy atom. The number of nitrogens with zero attached hydrogens (tertiary/aromatic N) is 1. The number of hydrogen-bond acceptors (Lipinski definition) is 2. The van der Waals surface area contributed by atoms with Gasteiger partial charge in [-0.2, -0.15) is 0 Å². The normalized spacial score (nSPS) is 11.5. The fourth-order valence-electron chi connectivity index (χ4n) is 2.72. The highest BCUT2D eigenvalue weighted by Gasteiger charge is 2.13. The van der Waals surface area contributed by atoms with E-state index >= 15 is 0 Å². The Balaban J connectivity index is 2.08. The molecule has 3 N–H and O–H groups in total. The largest absolute Gasteiger partial charge is 0.395 e. The lowest BCUT2D eigenvalue weighted by atomic mass is 9.89. The minimum Gasteiger partial charge on any atom is -0.395 e. The van der Waals surface area contributed by atoms with Crippen molar-refractivity contribution < 1.29 is 5.11 Å². The van der Waals surface area contributed by atoms with Gasteiger partial charge in [0, 0.05) is 25.6 Å². The van der Waals surface area contributed by atoms with Crippen LogP contribution in [0.3, 0.4) is 0 Å². The van der Waals surface area contributed by atoms with Gasteiger partial charge in [0.1, 0.15) is 0 Å². The van der Waals surface area contributed by atoms with Crippen molar-refractivity contribution in [2.75, 3.05) is 26.2 Å². The third kappa shape index (κ3) is 5.70. The molecular formula is C20H27N3O. The van der Waals surface area contributed by atoms with Crippen LogP contribution in [0.5, 0.6) is 0 Å². The van der Waals surface area contributed by atoms with Gasteiger partial charge in [0.15, 0.2) is 5.96 Å². The van der Waals surface area contributed by atoms with Crippen LogP contribution in [-0.4, -0.2) is 37.3 Å². The zero-order valence-electron chi connectivity index (χ0n) is 14.3. The summed E-state index contributed by atoms with van der Waals surface area (Å²) in [5, 5.41) is 15.3. The van der Waals surface area contributed by atoms with Gasteiger partial charge in [-0.1, -0.05) is 60.7 Å². The summed E-state index contributed by atoms with van der Waals surface area (Å²) in [4.78, 5) is 4.63. The summed E-state index contributed by atoms with van der Waals surface area (Å²) in [5.41, 5.74) is 2.62. The van der Waals surface area contributed by atoms with E-state index in [9.17, 15) is 0 Å². The van der Waals surface area contributed by atoms with Crippen molar-refractivity contribution in [3.05, 3.63) is 71.8 Å². The van der Waals surface area contributed by atoms with Crippen molar-refractivity contribution in [1.29, 1.82) is 0 Å². The van der Waals surface area contributed by atoms with Crippen molar-refractivity contribution in [3.63, 3.8) is 0 Å². The van der Waals surface area contributed by atoms with Crippen molar-refractivity contribution in [2.24, 2.45) is 4.99 Å². The highest BCUT2D eigenvalue weighted by Crippen LogP contribution is 2.27. The van der Waals surface area contributed by atoms with Gasteiger partial charge in [-0.05, 0) is 24.5 Å². The van der Waals surface area contributed by atoms with Gasteiger partial charge in [-0.3, -0.25) is 4.99 Å². The lowest BCUT2D eigenvalue weighted by Crippen LogP contribution is -2.38. The molecule has 0 aliphatic rings. The van der Waals surface area contributed by atoms with E-state index in [0.29, 0.717) is 12.5 Å². The number of aliphatic imine (C=N–C) groups is 1. The molecule has 0 unspecified atom stereocenters. The van der Waals surface area contributed by atoms with E-state index in [1.54, 1.807) is 0 Å². The summed E-state index contributed by atoms with van der Waals surface area (Å²) in [6.45, 7) is 4.16. The van der Waals surface area contributed by atoms with Gasteiger partial charge in [-0.15, -0.1) is 0 Å². The van der Waals surface area contributed by atoms with Crippen molar-refractivity contribution in [3.8, 4) is 0 Å². The van der Waals surface area contributed by atoms with Gasteiger partial charge >= 0.3 is 0 Å². The van der Waals surface area contributed by atoms with Crippen LogP contribution in [0.4, 0.5) is 0 Å². The Morgan fingerprint density at radius 3 is 2.04 bits per heavy atom. The van der Waals surface area contributed by atoms with Gasteiger partial charge < -0.3 is 15.7 Å². The van der Waals surface area contributed by atoms with Crippen LogP contribution in [0.15, 0.2) is 65.7 Å².